The topological polar surface area (TPSA) is 62.7 Å². The lowest BCUT2D eigenvalue weighted by atomic mass is 9.98. The summed E-state index contributed by atoms with van der Waals surface area (Å²) in [5.74, 6) is 0.211. The van der Waals surface area contributed by atoms with Crippen LogP contribution in [0.2, 0.25) is 5.02 Å². The van der Waals surface area contributed by atoms with Crippen LogP contribution in [0.1, 0.15) is 5.56 Å². The molecule has 3 nitrogen and oxygen atoms in total. The van der Waals surface area contributed by atoms with E-state index in [0.717, 1.165) is 21.2 Å². The van der Waals surface area contributed by atoms with E-state index in [1.165, 1.54) is 0 Å². The van der Waals surface area contributed by atoms with E-state index in [0.29, 0.717) is 16.3 Å². The second-order valence-electron chi connectivity index (χ2n) is 4.94. The van der Waals surface area contributed by atoms with Crippen LogP contribution in [-0.4, -0.2) is 4.98 Å². The van der Waals surface area contributed by atoms with Crippen molar-refractivity contribution in [2.75, 3.05) is 5.73 Å². The molecule has 2 aromatic carbocycles. The van der Waals surface area contributed by atoms with Crippen molar-refractivity contribution >= 4 is 33.3 Å². The van der Waals surface area contributed by atoms with Crippen LogP contribution in [-0.2, 0) is 0 Å². The van der Waals surface area contributed by atoms with Crippen LogP contribution >= 0.6 is 27.5 Å². The lowest BCUT2D eigenvalue weighted by Crippen LogP contribution is -1.99. The molecule has 1 aromatic heterocycles. The van der Waals surface area contributed by atoms with E-state index in [9.17, 15) is 5.26 Å². The number of nitrogens with zero attached hydrogens (tertiary/aromatic N) is 2. The molecule has 0 saturated heterocycles. The molecule has 0 fully saturated rings. The van der Waals surface area contributed by atoms with Crippen molar-refractivity contribution in [3.63, 3.8) is 0 Å². The third-order valence-corrected chi connectivity index (χ3v) is 4.20. The zero-order valence-electron chi connectivity index (χ0n) is 11.9. The first-order valence-electron chi connectivity index (χ1n) is 6.81. The van der Waals surface area contributed by atoms with E-state index in [1.807, 2.05) is 48.5 Å². The Morgan fingerprint density at radius 3 is 2.43 bits per heavy atom. The number of hydrogen-bond donors (Lipinski definition) is 1. The van der Waals surface area contributed by atoms with Gasteiger partial charge in [-0.05, 0) is 35.9 Å². The van der Waals surface area contributed by atoms with Gasteiger partial charge in [-0.15, -0.1) is 0 Å². The predicted molar refractivity (Wildman–Crippen MR) is 96.9 cm³/mol. The molecule has 112 valence electrons. The summed E-state index contributed by atoms with van der Waals surface area (Å²) >= 11 is 9.48. The van der Waals surface area contributed by atoms with Crippen molar-refractivity contribution in [3.8, 4) is 28.5 Å². The van der Waals surface area contributed by atoms with Gasteiger partial charge in [-0.3, -0.25) is 0 Å². The smallest absolute Gasteiger partial charge is 0.142 e. The third-order valence-electron chi connectivity index (χ3n) is 3.43. The fraction of sp³-hybridized carbons (Fsp3) is 0. The summed E-state index contributed by atoms with van der Waals surface area (Å²) in [6.07, 6.45) is 0. The number of nitrogen functional groups attached to an aromatic ring is 1. The van der Waals surface area contributed by atoms with Gasteiger partial charge in [-0.25, -0.2) is 4.98 Å². The Kier molecular flexibility index (Phi) is 4.33. The summed E-state index contributed by atoms with van der Waals surface area (Å²) in [7, 11) is 0. The zero-order valence-corrected chi connectivity index (χ0v) is 14.3. The summed E-state index contributed by atoms with van der Waals surface area (Å²) in [6.45, 7) is 0. The van der Waals surface area contributed by atoms with Crippen molar-refractivity contribution < 1.29 is 0 Å². The molecule has 3 rings (SSSR count). The average molecular weight is 385 g/mol. The number of pyridine rings is 1. The molecule has 0 radical (unpaired) electrons. The molecule has 0 atom stereocenters. The molecular weight excluding hydrogens is 374 g/mol. The Bertz CT molecular complexity index is 915. The van der Waals surface area contributed by atoms with Crippen LogP contribution in [0.3, 0.4) is 0 Å². The van der Waals surface area contributed by atoms with Crippen molar-refractivity contribution in [1.82, 2.24) is 4.98 Å². The summed E-state index contributed by atoms with van der Waals surface area (Å²) in [5, 5.41) is 10.0. The minimum Gasteiger partial charge on any atom is -0.383 e. The van der Waals surface area contributed by atoms with E-state index >= 15 is 0 Å². The molecular formula is C18H11BrClN3. The fourth-order valence-corrected chi connectivity index (χ4v) is 2.79. The first-order valence-corrected chi connectivity index (χ1v) is 7.98. The van der Waals surface area contributed by atoms with Crippen LogP contribution in [0.5, 0.6) is 0 Å². The second kappa shape index (κ2) is 6.41. The maximum atomic E-state index is 9.42. The zero-order chi connectivity index (χ0) is 16.4. The lowest BCUT2D eigenvalue weighted by Gasteiger charge is -2.10. The van der Waals surface area contributed by atoms with Gasteiger partial charge < -0.3 is 5.73 Å². The Morgan fingerprint density at radius 2 is 1.78 bits per heavy atom. The SMILES string of the molecule is N#Cc1c(-c2cccc(Cl)c2)cc(-c2ccc(Br)cc2)nc1N. The quantitative estimate of drug-likeness (QED) is 0.653. The highest BCUT2D eigenvalue weighted by atomic mass is 79.9. The number of rotatable bonds is 2. The minimum absolute atomic E-state index is 0.211. The molecule has 1 heterocycles. The second-order valence-corrected chi connectivity index (χ2v) is 6.30. The van der Waals surface area contributed by atoms with Gasteiger partial charge in [-0.1, -0.05) is 51.8 Å². The Balaban J connectivity index is 2.22. The van der Waals surface area contributed by atoms with E-state index < -0.39 is 0 Å². The largest absolute Gasteiger partial charge is 0.383 e. The van der Waals surface area contributed by atoms with Gasteiger partial charge in [0, 0.05) is 20.6 Å². The highest BCUT2D eigenvalue weighted by Crippen LogP contribution is 2.32. The minimum atomic E-state index is 0.211. The van der Waals surface area contributed by atoms with Gasteiger partial charge in [0.15, 0.2) is 0 Å². The van der Waals surface area contributed by atoms with Crippen LogP contribution in [0.4, 0.5) is 5.82 Å². The van der Waals surface area contributed by atoms with E-state index in [1.54, 1.807) is 6.07 Å². The van der Waals surface area contributed by atoms with Gasteiger partial charge in [0.05, 0.1) is 5.69 Å². The fourth-order valence-electron chi connectivity index (χ4n) is 2.33. The third kappa shape index (κ3) is 3.21. The Morgan fingerprint density at radius 1 is 1.04 bits per heavy atom. The van der Waals surface area contributed by atoms with Gasteiger partial charge in [0.2, 0.25) is 0 Å². The van der Waals surface area contributed by atoms with Crippen LogP contribution in [0, 0.1) is 11.3 Å². The van der Waals surface area contributed by atoms with Crippen LogP contribution in [0.15, 0.2) is 59.1 Å². The standard InChI is InChI=1S/C18H11BrClN3/c19-13-6-4-11(5-7-13)17-9-15(16(10-21)18(22)23-17)12-2-1-3-14(20)8-12/h1-9H,(H2,22,23). The van der Waals surface area contributed by atoms with Gasteiger partial charge >= 0.3 is 0 Å². The number of aromatic nitrogens is 1. The normalized spacial score (nSPS) is 10.3. The van der Waals surface area contributed by atoms with Crippen molar-refractivity contribution in [3.05, 3.63) is 69.7 Å². The van der Waals surface area contributed by atoms with E-state index in [4.69, 9.17) is 17.3 Å². The van der Waals surface area contributed by atoms with Crippen LogP contribution < -0.4 is 5.73 Å². The Hall–Kier alpha value is -2.35. The number of benzene rings is 2. The maximum absolute atomic E-state index is 9.42. The van der Waals surface area contributed by atoms with E-state index in [-0.39, 0.29) is 5.82 Å². The van der Waals surface area contributed by atoms with Crippen molar-refractivity contribution in [1.29, 1.82) is 5.26 Å². The van der Waals surface area contributed by atoms with Gasteiger partial charge in [-0.2, -0.15) is 5.26 Å². The van der Waals surface area contributed by atoms with Gasteiger partial charge in [0.25, 0.3) is 0 Å². The lowest BCUT2D eigenvalue weighted by molar-refractivity contribution is 1.31. The predicted octanol–water partition coefficient (Wildman–Crippen LogP) is 5.29. The molecule has 0 aliphatic heterocycles. The molecule has 0 amide bonds. The molecule has 0 unspecified atom stereocenters. The number of hydrogen-bond acceptors (Lipinski definition) is 3. The van der Waals surface area contributed by atoms with Crippen molar-refractivity contribution in [2.45, 2.75) is 0 Å². The summed E-state index contributed by atoms with van der Waals surface area (Å²) in [6, 6.07) is 19.1. The number of nitrogens with two attached hydrogens (primary N) is 1. The Labute approximate surface area is 147 Å². The van der Waals surface area contributed by atoms with Crippen LogP contribution in [0.25, 0.3) is 22.4 Å². The average Bonchev–Trinajstić information content (AvgIpc) is 2.55. The molecule has 5 heteroatoms. The first kappa shape index (κ1) is 15.5. The monoisotopic (exact) mass is 383 g/mol. The highest BCUT2D eigenvalue weighted by Gasteiger charge is 2.13. The molecule has 2 N–H and O–H groups in total. The highest BCUT2D eigenvalue weighted by molar-refractivity contribution is 9.10. The van der Waals surface area contributed by atoms with E-state index in [2.05, 4.69) is 27.0 Å². The molecule has 0 saturated carbocycles. The number of nitriles is 1. The molecule has 23 heavy (non-hydrogen) atoms. The molecule has 0 spiro atoms. The van der Waals surface area contributed by atoms with Crippen molar-refractivity contribution in [2.24, 2.45) is 0 Å². The molecule has 0 aliphatic rings. The molecule has 3 aromatic rings. The maximum Gasteiger partial charge on any atom is 0.142 e. The molecule has 0 aliphatic carbocycles. The number of anilines is 1. The molecule has 0 bridgehead atoms. The summed E-state index contributed by atoms with van der Waals surface area (Å²) in [4.78, 5) is 4.36. The first-order chi connectivity index (χ1) is 11.1. The van der Waals surface area contributed by atoms with Gasteiger partial charge in [0.1, 0.15) is 17.5 Å². The summed E-state index contributed by atoms with van der Waals surface area (Å²) < 4.78 is 0.984. The number of halogens is 2. The summed E-state index contributed by atoms with van der Waals surface area (Å²) in [5.41, 5.74) is 9.55.